The molecule has 0 radical (unpaired) electrons. The summed E-state index contributed by atoms with van der Waals surface area (Å²) in [5, 5.41) is 5.55. The van der Waals surface area contributed by atoms with Crippen molar-refractivity contribution in [2.75, 3.05) is 46.3 Å². The fraction of sp³-hybridized carbons (Fsp3) is 0.667. The molecule has 8 heteroatoms. The van der Waals surface area contributed by atoms with Gasteiger partial charge in [-0.3, -0.25) is 14.7 Å². The number of guanidine groups is 1. The third kappa shape index (κ3) is 4.78. The highest BCUT2D eigenvalue weighted by molar-refractivity contribution is 9.10. The van der Waals surface area contributed by atoms with Crippen LogP contribution in [0.3, 0.4) is 0 Å². The van der Waals surface area contributed by atoms with Crippen LogP contribution in [0.1, 0.15) is 24.6 Å². The van der Waals surface area contributed by atoms with Gasteiger partial charge < -0.3 is 15.1 Å². The average molecular weight is 442 g/mol. The maximum absolute atomic E-state index is 12.6. The molecule has 0 aromatic carbocycles. The first kappa shape index (κ1) is 19.6. The number of rotatable bonds is 4. The Morgan fingerprint density at radius 3 is 2.50 bits per heavy atom. The highest BCUT2D eigenvalue weighted by Crippen LogP contribution is 2.19. The molecule has 144 valence electrons. The molecule has 1 aromatic heterocycles. The van der Waals surface area contributed by atoms with Crippen LogP contribution >= 0.6 is 27.3 Å². The van der Waals surface area contributed by atoms with E-state index in [1.807, 2.05) is 11.9 Å². The van der Waals surface area contributed by atoms with E-state index in [1.54, 1.807) is 11.3 Å². The predicted octanol–water partition coefficient (Wildman–Crippen LogP) is 2.21. The van der Waals surface area contributed by atoms with Gasteiger partial charge in [0.15, 0.2) is 5.96 Å². The number of carbonyl (C=O) groups is 1. The van der Waals surface area contributed by atoms with Crippen LogP contribution in [0.4, 0.5) is 0 Å². The molecule has 1 N–H and O–H groups in total. The van der Waals surface area contributed by atoms with E-state index in [1.165, 1.54) is 4.88 Å². The molecule has 6 nitrogen and oxygen atoms in total. The second-order valence-electron chi connectivity index (χ2n) is 6.86. The van der Waals surface area contributed by atoms with E-state index in [9.17, 15) is 4.79 Å². The van der Waals surface area contributed by atoms with Crippen molar-refractivity contribution in [2.45, 2.75) is 32.4 Å². The Balaban J connectivity index is 1.47. The van der Waals surface area contributed by atoms with Gasteiger partial charge in [-0.15, -0.1) is 11.3 Å². The molecule has 2 aliphatic rings. The van der Waals surface area contributed by atoms with Crippen molar-refractivity contribution < 1.29 is 4.79 Å². The first-order valence-corrected chi connectivity index (χ1v) is 11.0. The van der Waals surface area contributed by atoms with Crippen LogP contribution in [0.2, 0.25) is 0 Å². The SMILES string of the molecule is CN=C(NCc1cc(Br)cs1)N1CCN(C(C)C(=O)N2CCCC2)CC1. The van der Waals surface area contributed by atoms with Crippen LogP contribution < -0.4 is 5.32 Å². The topological polar surface area (TPSA) is 51.2 Å². The lowest BCUT2D eigenvalue weighted by Gasteiger charge is -2.39. The minimum Gasteiger partial charge on any atom is -0.351 e. The number of piperazine rings is 1. The van der Waals surface area contributed by atoms with Crippen molar-refractivity contribution in [2.24, 2.45) is 4.99 Å². The molecule has 2 aliphatic heterocycles. The van der Waals surface area contributed by atoms with Crippen molar-refractivity contribution in [3.05, 3.63) is 20.8 Å². The molecule has 1 atom stereocenters. The van der Waals surface area contributed by atoms with Gasteiger partial charge in [0, 0.05) is 61.0 Å². The van der Waals surface area contributed by atoms with E-state index in [4.69, 9.17) is 0 Å². The fourth-order valence-electron chi connectivity index (χ4n) is 3.62. The third-order valence-electron chi connectivity index (χ3n) is 5.19. The van der Waals surface area contributed by atoms with Crippen molar-refractivity contribution in [3.63, 3.8) is 0 Å². The maximum Gasteiger partial charge on any atom is 0.239 e. The molecule has 2 saturated heterocycles. The van der Waals surface area contributed by atoms with Crippen molar-refractivity contribution in [1.29, 1.82) is 0 Å². The van der Waals surface area contributed by atoms with Crippen LogP contribution in [0.5, 0.6) is 0 Å². The number of carbonyl (C=O) groups excluding carboxylic acids is 1. The Morgan fingerprint density at radius 1 is 1.23 bits per heavy atom. The van der Waals surface area contributed by atoms with Crippen LogP contribution in [-0.4, -0.2) is 78.9 Å². The molecule has 1 amide bonds. The zero-order chi connectivity index (χ0) is 18.5. The van der Waals surface area contributed by atoms with Gasteiger partial charge in [0.2, 0.25) is 5.91 Å². The summed E-state index contributed by atoms with van der Waals surface area (Å²) in [6.45, 7) is 8.27. The summed E-state index contributed by atoms with van der Waals surface area (Å²) in [5.41, 5.74) is 0. The maximum atomic E-state index is 12.6. The van der Waals surface area contributed by atoms with Crippen molar-refractivity contribution in [3.8, 4) is 0 Å². The van der Waals surface area contributed by atoms with E-state index in [-0.39, 0.29) is 6.04 Å². The highest BCUT2D eigenvalue weighted by Gasteiger charge is 2.30. The van der Waals surface area contributed by atoms with Crippen LogP contribution in [0.15, 0.2) is 20.9 Å². The first-order chi connectivity index (χ1) is 12.6. The van der Waals surface area contributed by atoms with Gasteiger partial charge >= 0.3 is 0 Å². The number of aliphatic imine (C=N–C) groups is 1. The lowest BCUT2D eigenvalue weighted by Crippen LogP contribution is -2.57. The molecule has 0 saturated carbocycles. The highest BCUT2D eigenvalue weighted by atomic mass is 79.9. The monoisotopic (exact) mass is 441 g/mol. The number of nitrogens with one attached hydrogen (secondary N) is 1. The number of likely N-dealkylation sites (tertiary alicyclic amines) is 1. The number of amides is 1. The van der Waals surface area contributed by atoms with Crippen LogP contribution in [0.25, 0.3) is 0 Å². The van der Waals surface area contributed by atoms with E-state index in [0.717, 1.165) is 69.1 Å². The average Bonchev–Trinajstić information content (AvgIpc) is 3.33. The zero-order valence-electron chi connectivity index (χ0n) is 15.6. The molecular weight excluding hydrogens is 414 g/mol. The summed E-state index contributed by atoms with van der Waals surface area (Å²) in [5.74, 6) is 1.23. The summed E-state index contributed by atoms with van der Waals surface area (Å²) in [4.78, 5) is 24.9. The normalized spacial score (nSPS) is 20.5. The summed E-state index contributed by atoms with van der Waals surface area (Å²) in [6, 6.07) is 2.11. The molecule has 26 heavy (non-hydrogen) atoms. The molecule has 3 heterocycles. The molecule has 3 rings (SSSR count). The molecule has 0 spiro atoms. The van der Waals surface area contributed by atoms with Gasteiger partial charge in [0.25, 0.3) is 0 Å². The van der Waals surface area contributed by atoms with Gasteiger partial charge in [-0.25, -0.2) is 0 Å². The molecule has 0 bridgehead atoms. The second kappa shape index (κ2) is 9.19. The van der Waals surface area contributed by atoms with Gasteiger partial charge in [-0.1, -0.05) is 0 Å². The number of halogens is 1. The molecule has 1 unspecified atom stereocenters. The predicted molar refractivity (Wildman–Crippen MR) is 111 cm³/mol. The summed E-state index contributed by atoms with van der Waals surface area (Å²) in [6.07, 6.45) is 2.30. The Hall–Kier alpha value is -1.12. The van der Waals surface area contributed by atoms with Crippen molar-refractivity contribution in [1.82, 2.24) is 20.0 Å². The number of hydrogen-bond acceptors (Lipinski definition) is 4. The van der Waals surface area contributed by atoms with Crippen molar-refractivity contribution >= 4 is 39.1 Å². The zero-order valence-corrected chi connectivity index (χ0v) is 18.0. The number of hydrogen-bond donors (Lipinski definition) is 1. The molecule has 1 aromatic rings. The lowest BCUT2D eigenvalue weighted by molar-refractivity contribution is -0.135. The Kier molecular flexibility index (Phi) is 6.94. The smallest absolute Gasteiger partial charge is 0.239 e. The number of nitrogens with zero attached hydrogens (tertiary/aromatic N) is 4. The summed E-state index contributed by atoms with van der Waals surface area (Å²) >= 11 is 5.23. The second-order valence-corrected chi connectivity index (χ2v) is 8.77. The van der Waals surface area contributed by atoms with Gasteiger partial charge in [0.1, 0.15) is 0 Å². The van der Waals surface area contributed by atoms with Crippen LogP contribution in [0, 0.1) is 0 Å². The van der Waals surface area contributed by atoms with E-state index >= 15 is 0 Å². The summed E-state index contributed by atoms with van der Waals surface area (Å²) in [7, 11) is 1.83. The molecule has 0 aliphatic carbocycles. The number of thiophene rings is 1. The molecule has 2 fully saturated rings. The first-order valence-electron chi connectivity index (χ1n) is 9.30. The van der Waals surface area contributed by atoms with Gasteiger partial charge in [-0.05, 0) is 41.8 Å². The molecular formula is C18H28BrN5OS. The van der Waals surface area contributed by atoms with E-state index in [2.05, 4.69) is 54.4 Å². The standard InChI is InChI=1S/C18H28BrN5OS/c1-14(17(25)23-5-3-4-6-23)22-7-9-24(10-8-22)18(20-2)21-12-16-11-15(19)13-26-16/h11,13-14H,3-10,12H2,1-2H3,(H,20,21). The van der Waals surface area contributed by atoms with Gasteiger partial charge in [-0.2, -0.15) is 0 Å². The Labute approximate surface area is 168 Å². The third-order valence-corrected chi connectivity index (χ3v) is 6.89. The lowest BCUT2D eigenvalue weighted by atomic mass is 10.2. The minimum absolute atomic E-state index is 0.0197. The summed E-state index contributed by atoms with van der Waals surface area (Å²) < 4.78 is 1.12. The minimum atomic E-state index is -0.0197. The fourth-order valence-corrected chi connectivity index (χ4v) is 5.01. The van der Waals surface area contributed by atoms with E-state index < -0.39 is 0 Å². The Bertz CT molecular complexity index is 635. The Morgan fingerprint density at radius 2 is 1.92 bits per heavy atom. The van der Waals surface area contributed by atoms with Gasteiger partial charge in [0.05, 0.1) is 12.6 Å². The largest absolute Gasteiger partial charge is 0.351 e. The van der Waals surface area contributed by atoms with Crippen LogP contribution in [-0.2, 0) is 11.3 Å². The van der Waals surface area contributed by atoms with E-state index in [0.29, 0.717) is 5.91 Å². The quantitative estimate of drug-likeness (QED) is 0.574.